The average molecular weight is 406 g/mol. The standard InChI is InChI=1S/C23H20ClN3S/c1-16-6-3-9-19(12-16)22-25-26-23(27(22)21-11-4-7-17(2)13-21)28-15-18-8-5-10-20(24)14-18/h3-14H,15H2,1-2H3. The van der Waals surface area contributed by atoms with Crippen LogP contribution in [-0.4, -0.2) is 14.8 Å². The van der Waals surface area contributed by atoms with Gasteiger partial charge in [0.25, 0.3) is 0 Å². The molecule has 0 N–H and O–H groups in total. The summed E-state index contributed by atoms with van der Waals surface area (Å²) in [6.07, 6.45) is 0. The molecule has 1 aromatic heterocycles. The van der Waals surface area contributed by atoms with E-state index in [2.05, 4.69) is 83.2 Å². The van der Waals surface area contributed by atoms with Crippen molar-refractivity contribution in [2.24, 2.45) is 0 Å². The van der Waals surface area contributed by atoms with Crippen molar-refractivity contribution in [3.8, 4) is 17.1 Å². The number of thioether (sulfide) groups is 1. The Kier molecular flexibility index (Phi) is 5.51. The predicted molar refractivity (Wildman–Crippen MR) is 117 cm³/mol. The fourth-order valence-corrected chi connectivity index (χ4v) is 4.22. The largest absolute Gasteiger partial charge is 0.270 e. The Bertz CT molecular complexity index is 1120. The fourth-order valence-electron chi connectivity index (χ4n) is 3.11. The highest BCUT2D eigenvalue weighted by Gasteiger charge is 2.16. The van der Waals surface area contributed by atoms with Gasteiger partial charge in [0, 0.05) is 22.0 Å². The maximum atomic E-state index is 6.13. The van der Waals surface area contributed by atoms with E-state index in [0.717, 1.165) is 38.6 Å². The number of aromatic nitrogens is 3. The van der Waals surface area contributed by atoms with Crippen molar-refractivity contribution in [3.63, 3.8) is 0 Å². The Morgan fingerprint density at radius 2 is 1.61 bits per heavy atom. The number of hydrogen-bond donors (Lipinski definition) is 0. The first kappa shape index (κ1) is 18.8. The van der Waals surface area contributed by atoms with Gasteiger partial charge >= 0.3 is 0 Å². The van der Waals surface area contributed by atoms with E-state index < -0.39 is 0 Å². The highest BCUT2D eigenvalue weighted by atomic mass is 35.5. The van der Waals surface area contributed by atoms with Gasteiger partial charge in [0.1, 0.15) is 0 Å². The third-order valence-electron chi connectivity index (χ3n) is 4.43. The zero-order chi connectivity index (χ0) is 19.5. The third-order valence-corrected chi connectivity index (χ3v) is 5.66. The van der Waals surface area contributed by atoms with Crippen LogP contribution in [0.5, 0.6) is 0 Å². The lowest BCUT2D eigenvalue weighted by atomic mass is 10.1. The summed E-state index contributed by atoms with van der Waals surface area (Å²) in [7, 11) is 0. The molecule has 0 saturated heterocycles. The first-order valence-electron chi connectivity index (χ1n) is 9.07. The van der Waals surface area contributed by atoms with Crippen LogP contribution >= 0.6 is 23.4 Å². The topological polar surface area (TPSA) is 30.7 Å². The van der Waals surface area contributed by atoms with Crippen molar-refractivity contribution in [2.75, 3.05) is 0 Å². The van der Waals surface area contributed by atoms with Crippen molar-refractivity contribution in [1.29, 1.82) is 0 Å². The molecule has 3 aromatic carbocycles. The zero-order valence-corrected chi connectivity index (χ0v) is 17.3. The summed E-state index contributed by atoms with van der Waals surface area (Å²) in [5.41, 5.74) is 5.68. The van der Waals surface area contributed by atoms with Crippen molar-refractivity contribution in [2.45, 2.75) is 24.8 Å². The molecule has 3 nitrogen and oxygen atoms in total. The quantitative estimate of drug-likeness (QED) is 0.355. The molecule has 0 aliphatic rings. The Balaban J connectivity index is 1.76. The van der Waals surface area contributed by atoms with Crippen LogP contribution < -0.4 is 0 Å². The molecule has 4 aromatic rings. The molecule has 0 atom stereocenters. The van der Waals surface area contributed by atoms with Crippen LogP contribution in [-0.2, 0) is 5.75 Å². The van der Waals surface area contributed by atoms with Gasteiger partial charge in [-0.2, -0.15) is 0 Å². The number of halogens is 1. The summed E-state index contributed by atoms with van der Waals surface area (Å²) in [5.74, 6) is 1.63. The van der Waals surface area contributed by atoms with E-state index in [1.807, 2.05) is 18.2 Å². The Hall–Kier alpha value is -2.56. The lowest BCUT2D eigenvalue weighted by Crippen LogP contribution is -2.00. The van der Waals surface area contributed by atoms with E-state index in [1.54, 1.807) is 11.8 Å². The highest BCUT2D eigenvalue weighted by molar-refractivity contribution is 7.98. The molecule has 140 valence electrons. The summed E-state index contributed by atoms with van der Waals surface area (Å²) < 4.78 is 2.14. The van der Waals surface area contributed by atoms with Crippen molar-refractivity contribution in [1.82, 2.24) is 14.8 Å². The molecule has 0 aliphatic carbocycles. The number of aryl methyl sites for hydroxylation is 2. The summed E-state index contributed by atoms with van der Waals surface area (Å²) in [6.45, 7) is 4.19. The van der Waals surface area contributed by atoms with Crippen LogP contribution in [0.3, 0.4) is 0 Å². The molecule has 0 fully saturated rings. The molecule has 5 heteroatoms. The SMILES string of the molecule is Cc1cccc(-c2nnc(SCc3cccc(Cl)c3)n2-c2cccc(C)c2)c1. The van der Waals surface area contributed by atoms with E-state index in [9.17, 15) is 0 Å². The van der Waals surface area contributed by atoms with Gasteiger partial charge in [0.2, 0.25) is 0 Å². The molecule has 0 amide bonds. The lowest BCUT2D eigenvalue weighted by Gasteiger charge is -2.11. The van der Waals surface area contributed by atoms with Crippen LogP contribution in [0, 0.1) is 13.8 Å². The smallest absolute Gasteiger partial charge is 0.196 e. The Morgan fingerprint density at radius 1 is 0.857 bits per heavy atom. The van der Waals surface area contributed by atoms with Crippen molar-refractivity contribution >= 4 is 23.4 Å². The van der Waals surface area contributed by atoms with Crippen LogP contribution in [0.15, 0.2) is 78.0 Å². The first-order valence-corrected chi connectivity index (χ1v) is 10.4. The first-order chi connectivity index (χ1) is 13.6. The van der Waals surface area contributed by atoms with Gasteiger partial charge in [-0.05, 0) is 55.3 Å². The van der Waals surface area contributed by atoms with Gasteiger partial charge in [-0.15, -0.1) is 10.2 Å². The van der Waals surface area contributed by atoms with E-state index in [4.69, 9.17) is 11.6 Å². The fraction of sp³-hybridized carbons (Fsp3) is 0.130. The molecule has 0 saturated carbocycles. The Labute approximate surface area is 174 Å². The zero-order valence-electron chi connectivity index (χ0n) is 15.8. The molecule has 28 heavy (non-hydrogen) atoms. The van der Waals surface area contributed by atoms with Gasteiger partial charge in [0.05, 0.1) is 0 Å². The third kappa shape index (κ3) is 4.13. The minimum atomic E-state index is 0.749. The summed E-state index contributed by atoms with van der Waals surface area (Å²) >= 11 is 7.79. The van der Waals surface area contributed by atoms with E-state index in [1.165, 1.54) is 11.1 Å². The van der Waals surface area contributed by atoms with Crippen molar-refractivity contribution < 1.29 is 0 Å². The molecule has 0 aliphatic heterocycles. The number of nitrogens with zero attached hydrogens (tertiary/aromatic N) is 3. The molecule has 0 bridgehead atoms. The van der Waals surface area contributed by atoms with Gasteiger partial charge in [0.15, 0.2) is 11.0 Å². The second-order valence-electron chi connectivity index (χ2n) is 6.77. The van der Waals surface area contributed by atoms with Crippen molar-refractivity contribution in [3.05, 3.63) is 94.5 Å². The molecule has 1 heterocycles. The molecule has 4 rings (SSSR count). The van der Waals surface area contributed by atoms with E-state index in [-0.39, 0.29) is 0 Å². The molecule has 0 unspecified atom stereocenters. The maximum absolute atomic E-state index is 6.13. The van der Waals surface area contributed by atoms with Crippen LogP contribution in [0.1, 0.15) is 16.7 Å². The number of hydrogen-bond acceptors (Lipinski definition) is 3. The monoisotopic (exact) mass is 405 g/mol. The maximum Gasteiger partial charge on any atom is 0.196 e. The number of benzene rings is 3. The Morgan fingerprint density at radius 3 is 2.36 bits per heavy atom. The van der Waals surface area contributed by atoms with Gasteiger partial charge < -0.3 is 0 Å². The normalized spacial score (nSPS) is 11.0. The molecule has 0 radical (unpaired) electrons. The van der Waals surface area contributed by atoms with Crippen LogP contribution in [0.4, 0.5) is 0 Å². The lowest BCUT2D eigenvalue weighted by molar-refractivity contribution is 0.885. The summed E-state index contributed by atoms with van der Waals surface area (Å²) in [4.78, 5) is 0. The summed E-state index contributed by atoms with van der Waals surface area (Å²) in [6, 6.07) is 24.7. The number of rotatable bonds is 5. The van der Waals surface area contributed by atoms with Gasteiger partial charge in [-0.1, -0.05) is 71.4 Å². The minimum absolute atomic E-state index is 0.749. The summed E-state index contributed by atoms with van der Waals surface area (Å²) in [5, 5.41) is 10.6. The minimum Gasteiger partial charge on any atom is -0.270 e. The van der Waals surface area contributed by atoms with Crippen LogP contribution in [0.25, 0.3) is 17.1 Å². The molecular weight excluding hydrogens is 386 g/mol. The highest BCUT2D eigenvalue weighted by Crippen LogP contribution is 2.30. The molecule has 0 spiro atoms. The van der Waals surface area contributed by atoms with E-state index in [0.29, 0.717) is 0 Å². The average Bonchev–Trinajstić information content (AvgIpc) is 3.10. The second-order valence-corrected chi connectivity index (χ2v) is 8.15. The predicted octanol–water partition coefficient (Wildman–Crippen LogP) is 6.50. The van der Waals surface area contributed by atoms with E-state index >= 15 is 0 Å². The second kappa shape index (κ2) is 8.21. The molecular formula is C23H20ClN3S. The van der Waals surface area contributed by atoms with Gasteiger partial charge in [-0.25, -0.2) is 0 Å². The van der Waals surface area contributed by atoms with Gasteiger partial charge in [-0.3, -0.25) is 4.57 Å². The van der Waals surface area contributed by atoms with Crippen LogP contribution in [0.2, 0.25) is 5.02 Å².